The van der Waals surface area contributed by atoms with Gasteiger partial charge in [-0.2, -0.15) is 0 Å². The highest BCUT2D eigenvalue weighted by Gasteiger charge is 2.44. The number of piperidine rings is 1. The smallest absolute Gasteiger partial charge is 0.270 e. The van der Waals surface area contributed by atoms with Gasteiger partial charge >= 0.3 is 0 Å². The van der Waals surface area contributed by atoms with Crippen molar-refractivity contribution in [2.24, 2.45) is 7.05 Å². The molecule has 2 aliphatic rings. The molecule has 0 radical (unpaired) electrons. The zero-order chi connectivity index (χ0) is 18.1. The zero-order valence-corrected chi connectivity index (χ0v) is 14.7. The summed E-state index contributed by atoms with van der Waals surface area (Å²) in [6, 6.07) is 6.58. The summed E-state index contributed by atoms with van der Waals surface area (Å²) in [6.07, 6.45) is 5.38. The maximum Gasteiger partial charge on any atom is 0.270 e. The minimum absolute atomic E-state index is 0.0227. The van der Waals surface area contributed by atoms with E-state index < -0.39 is 5.82 Å². The van der Waals surface area contributed by atoms with Gasteiger partial charge in [0.15, 0.2) is 5.82 Å². The molecule has 6 nitrogen and oxygen atoms in total. The van der Waals surface area contributed by atoms with Gasteiger partial charge in [0, 0.05) is 39.0 Å². The molecule has 26 heavy (non-hydrogen) atoms. The minimum atomic E-state index is -0.462. The number of amides is 1. The van der Waals surface area contributed by atoms with Gasteiger partial charge in [-0.3, -0.25) is 4.79 Å². The minimum Gasteiger partial charge on any atom is -0.470 e. The first-order chi connectivity index (χ1) is 12.6. The maximum absolute atomic E-state index is 13.7. The topological polar surface area (TPSA) is 56.6 Å². The van der Waals surface area contributed by atoms with Crippen LogP contribution in [0.5, 0.6) is 5.88 Å². The molecule has 4 heterocycles. The molecule has 4 rings (SSSR count). The molecular weight excluding hydrogens is 337 g/mol. The summed E-state index contributed by atoms with van der Waals surface area (Å²) in [5.41, 5.74) is 0.404. The second kappa shape index (κ2) is 6.72. The van der Waals surface area contributed by atoms with Crippen molar-refractivity contribution in [2.45, 2.75) is 31.0 Å². The van der Waals surface area contributed by atoms with E-state index in [4.69, 9.17) is 9.47 Å². The first-order valence-electron chi connectivity index (χ1n) is 8.88. The van der Waals surface area contributed by atoms with Gasteiger partial charge in [-0.1, -0.05) is 0 Å². The van der Waals surface area contributed by atoms with Gasteiger partial charge in [0.05, 0.1) is 12.2 Å². The summed E-state index contributed by atoms with van der Waals surface area (Å²) >= 11 is 0. The molecule has 1 unspecified atom stereocenters. The van der Waals surface area contributed by atoms with E-state index in [0.29, 0.717) is 31.8 Å². The van der Waals surface area contributed by atoms with E-state index in [1.807, 2.05) is 34.8 Å². The first-order valence-corrected chi connectivity index (χ1v) is 8.88. The maximum atomic E-state index is 13.7. The number of hydrogen-bond donors (Lipinski definition) is 0. The quantitative estimate of drug-likeness (QED) is 0.844. The number of halogens is 1. The Morgan fingerprint density at radius 2 is 2.15 bits per heavy atom. The highest BCUT2D eigenvalue weighted by Crippen LogP contribution is 2.37. The Kier molecular flexibility index (Phi) is 4.40. The summed E-state index contributed by atoms with van der Waals surface area (Å²) in [6.45, 7) is 1.71. The van der Waals surface area contributed by atoms with Crippen LogP contribution in [-0.4, -0.2) is 51.8 Å². The van der Waals surface area contributed by atoms with Gasteiger partial charge in [-0.15, -0.1) is 0 Å². The second-order valence-corrected chi connectivity index (χ2v) is 7.02. The highest BCUT2D eigenvalue weighted by molar-refractivity contribution is 5.92. The van der Waals surface area contributed by atoms with Crippen LogP contribution in [0, 0.1) is 5.82 Å². The number of hydrogen-bond acceptors (Lipinski definition) is 4. The molecule has 2 saturated heterocycles. The predicted octanol–water partition coefficient (Wildman–Crippen LogP) is 2.40. The lowest BCUT2D eigenvalue weighted by Gasteiger charge is -2.38. The van der Waals surface area contributed by atoms with E-state index in [2.05, 4.69) is 4.98 Å². The summed E-state index contributed by atoms with van der Waals surface area (Å²) in [7, 11) is 1.87. The number of aromatic nitrogens is 2. The van der Waals surface area contributed by atoms with Gasteiger partial charge in [0.25, 0.3) is 11.8 Å². The van der Waals surface area contributed by atoms with E-state index in [0.717, 1.165) is 12.8 Å². The molecule has 2 aromatic heterocycles. The Labute approximate surface area is 151 Å². The number of likely N-dealkylation sites (tertiary alicyclic amines) is 1. The standard InChI is InChI=1S/C19H22FN3O3/c1-22-9-3-5-16(22)18(24)23-10-6-19(7-11-23)12-14(13-25-19)26-17-15(20)4-2-8-21-17/h2-5,8-9,14H,6-7,10-13H2,1H3. The van der Waals surface area contributed by atoms with Crippen LogP contribution in [-0.2, 0) is 11.8 Å². The summed E-state index contributed by atoms with van der Waals surface area (Å²) in [5.74, 6) is -0.389. The lowest BCUT2D eigenvalue weighted by Crippen LogP contribution is -2.47. The molecule has 1 atom stereocenters. The van der Waals surface area contributed by atoms with E-state index in [-0.39, 0.29) is 23.5 Å². The number of carbonyl (C=O) groups excluding carboxylic acids is 1. The summed E-state index contributed by atoms with van der Waals surface area (Å²) in [4.78, 5) is 18.4. The molecule has 1 spiro atoms. The molecule has 0 aromatic carbocycles. The monoisotopic (exact) mass is 359 g/mol. The van der Waals surface area contributed by atoms with Gasteiger partial charge in [0.2, 0.25) is 0 Å². The molecule has 2 aliphatic heterocycles. The van der Waals surface area contributed by atoms with Crippen LogP contribution in [0.1, 0.15) is 29.8 Å². The Morgan fingerprint density at radius 1 is 1.35 bits per heavy atom. The Balaban J connectivity index is 1.35. The molecule has 2 aromatic rings. The van der Waals surface area contributed by atoms with Crippen LogP contribution in [0.3, 0.4) is 0 Å². The van der Waals surface area contributed by atoms with Crippen LogP contribution < -0.4 is 4.74 Å². The van der Waals surface area contributed by atoms with Crippen molar-refractivity contribution in [2.75, 3.05) is 19.7 Å². The lowest BCUT2D eigenvalue weighted by atomic mass is 9.88. The molecule has 0 aliphatic carbocycles. The molecule has 1 amide bonds. The van der Waals surface area contributed by atoms with Crippen LogP contribution in [0.4, 0.5) is 4.39 Å². The average molecular weight is 359 g/mol. The Bertz CT molecular complexity index is 799. The van der Waals surface area contributed by atoms with Crippen LogP contribution in [0.25, 0.3) is 0 Å². The number of pyridine rings is 1. The largest absolute Gasteiger partial charge is 0.470 e. The third-order valence-corrected chi connectivity index (χ3v) is 5.30. The van der Waals surface area contributed by atoms with E-state index in [1.54, 1.807) is 0 Å². The Morgan fingerprint density at radius 3 is 2.85 bits per heavy atom. The molecular formula is C19H22FN3O3. The summed E-state index contributed by atoms with van der Waals surface area (Å²) < 4.78 is 27.3. The van der Waals surface area contributed by atoms with Crippen molar-refractivity contribution in [3.8, 4) is 5.88 Å². The SMILES string of the molecule is Cn1cccc1C(=O)N1CCC2(CC1)CC(Oc1ncccc1F)CO2. The number of ether oxygens (including phenoxy) is 2. The molecule has 0 N–H and O–H groups in total. The summed E-state index contributed by atoms with van der Waals surface area (Å²) in [5, 5.41) is 0. The average Bonchev–Trinajstić information content (AvgIpc) is 3.24. The second-order valence-electron chi connectivity index (χ2n) is 7.02. The third kappa shape index (κ3) is 3.19. The lowest BCUT2D eigenvalue weighted by molar-refractivity contribution is -0.0397. The fourth-order valence-corrected chi connectivity index (χ4v) is 3.81. The van der Waals surface area contributed by atoms with Crippen LogP contribution in [0.2, 0.25) is 0 Å². The fourth-order valence-electron chi connectivity index (χ4n) is 3.81. The molecule has 2 fully saturated rings. The molecule has 138 valence electrons. The molecule has 0 bridgehead atoms. The number of carbonyl (C=O) groups is 1. The first kappa shape index (κ1) is 17.0. The molecule has 0 saturated carbocycles. The van der Waals surface area contributed by atoms with Crippen LogP contribution >= 0.6 is 0 Å². The van der Waals surface area contributed by atoms with E-state index >= 15 is 0 Å². The number of aryl methyl sites for hydroxylation is 1. The number of nitrogens with zero attached hydrogens (tertiary/aromatic N) is 3. The van der Waals surface area contributed by atoms with Gasteiger partial charge in [-0.05, 0) is 37.1 Å². The third-order valence-electron chi connectivity index (χ3n) is 5.30. The fraction of sp³-hybridized carbons (Fsp3) is 0.474. The Hall–Kier alpha value is -2.41. The van der Waals surface area contributed by atoms with Crippen molar-refractivity contribution in [3.05, 3.63) is 48.2 Å². The van der Waals surface area contributed by atoms with Crippen molar-refractivity contribution in [3.63, 3.8) is 0 Å². The van der Waals surface area contributed by atoms with Gasteiger partial charge in [0.1, 0.15) is 11.8 Å². The van der Waals surface area contributed by atoms with Crippen molar-refractivity contribution < 1.29 is 18.7 Å². The van der Waals surface area contributed by atoms with Crippen molar-refractivity contribution >= 4 is 5.91 Å². The van der Waals surface area contributed by atoms with Gasteiger partial charge < -0.3 is 18.9 Å². The van der Waals surface area contributed by atoms with Gasteiger partial charge in [-0.25, -0.2) is 9.37 Å². The van der Waals surface area contributed by atoms with E-state index in [9.17, 15) is 9.18 Å². The molecule has 7 heteroatoms. The van der Waals surface area contributed by atoms with Crippen molar-refractivity contribution in [1.29, 1.82) is 0 Å². The highest BCUT2D eigenvalue weighted by atomic mass is 19.1. The normalized spacial score (nSPS) is 21.9. The zero-order valence-electron chi connectivity index (χ0n) is 14.7. The predicted molar refractivity (Wildman–Crippen MR) is 92.5 cm³/mol. The van der Waals surface area contributed by atoms with Crippen molar-refractivity contribution in [1.82, 2.24) is 14.5 Å². The van der Waals surface area contributed by atoms with E-state index in [1.165, 1.54) is 18.3 Å². The van der Waals surface area contributed by atoms with Crippen LogP contribution in [0.15, 0.2) is 36.7 Å². The number of rotatable bonds is 3.